The van der Waals surface area contributed by atoms with Gasteiger partial charge < -0.3 is 15.8 Å². The zero-order chi connectivity index (χ0) is 14.5. The van der Waals surface area contributed by atoms with Crippen molar-refractivity contribution in [1.82, 2.24) is 10.3 Å². The van der Waals surface area contributed by atoms with E-state index in [0.29, 0.717) is 19.0 Å². The predicted molar refractivity (Wildman–Crippen MR) is 79.3 cm³/mol. The number of nitrogens with two attached hydrogens (primary N) is 1. The molecule has 2 rings (SSSR count). The van der Waals surface area contributed by atoms with Crippen molar-refractivity contribution in [2.24, 2.45) is 17.6 Å². The molecule has 1 aromatic rings. The molecule has 1 amide bonds. The van der Waals surface area contributed by atoms with E-state index in [1.165, 1.54) is 0 Å². The molecule has 3 atom stereocenters. The van der Waals surface area contributed by atoms with Gasteiger partial charge in [0.15, 0.2) is 0 Å². The summed E-state index contributed by atoms with van der Waals surface area (Å²) in [6, 6.07) is 0. The van der Waals surface area contributed by atoms with Crippen LogP contribution in [0.4, 0.5) is 0 Å². The zero-order valence-corrected chi connectivity index (χ0v) is 12.9. The van der Waals surface area contributed by atoms with Crippen molar-refractivity contribution in [3.8, 4) is 0 Å². The van der Waals surface area contributed by atoms with Gasteiger partial charge in [-0.25, -0.2) is 4.98 Å². The van der Waals surface area contributed by atoms with Gasteiger partial charge in [0.1, 0.15) is 11.1 Å². The highest BCUT2D eigenvalue weighted by atomic mass is 32.1. The van der Waals surface area contributed by atoms with Gasteiger partial charge in [-0.3, -0.25) is 4.79 Å². The molecule has 0 saturated heterocycles. The van der Waals surface area contributed by atoms with E-state index in [1.807, 2.05) is 12.3 Å². The van der Waals surface area contributed by atoms with Crippen LogP contribution in [0.1, 0.15) is 43.0 Å². The van der Waals surface area contributed by atoms with Gasteiger partial charge in [-0.15, -0.1) is 11.3 Å². The third-order valence-corrected chi connectivity index (χ3v) is 5.07. The topological polar surface area (TPSA) is 77.2 Å². The highest BCUT2D eigenvalue weighted by molar-refractivity contribution is 7.09. The molecule has 1 fully saturated rings. The molecule has 1 aliphatic carbocycles. The van der Waals surface area contributed by atoms with Crippen LogP contribution in [0, 0.1) is 11.8 Å². The minimum absolute atomic E-state index is 0.000837. The Morgan fingerprint density at radius 2 is 2.45 bits per heavy atom. The molecular weight excluding hydrogens is 274 g/mol. The Labute approximate surface area is 123 Å². The summed E-state index contributed by atoms with van der Waals surface area (Å²) in [5.74, 6) is 0.540. The fraction of sp³-hybridized carbons (Fsp3) is 0.714. The molecule has 0 aromatic carbocycles. The van der Waals surface area contributed by atoms with Gasteiger partial charge in [0.25, 0.3) is 0 Å². The summed E-state index contributed by atoms with van der Waals surface area (Å²) in [7, 11) is 1.67. The number of hydrogen-bond acceptors (Lipinski definition) is 5. The highest BCUT2D eigenvalue weighted by Crippen LogP contribution is 2.31. The van der Waals surface area contributed by atoms with Crippen LogP contribution in [-0.2, 0) is 16.1 Å². The molecule has 1 unspecified atom stereocenters. The van der Waals surface area contributed by atoms with Crippen LogP contribution >= 0.6 is 11.3 Å². The van der Waals surface area contributed by atoms with Crippen molar-refractivity contribution in [1.29, 1.82) is 0 Å². The van der Waals surface area contributed by atoms with Gasteiger partial charge >= 0.3 is 0 Å². The van der Waals surface area contributed by atoms with E-state index in [2.05, 4.69) is 10.3 Å². The van der Waals surface area contributed by atoms with Gasteiger partial charge in [-0.05, 0) is 32.2 Å². The molecule has 1 aromatic heterocycles. The van der Waals surface area contributed by atoms with Crippen LogP contribution in [0.15, 0.2) is 5.38 Å². The summed E-state index contributed by atoms with van der Waals surface area (Å²) in [4.78, 5) is 16.6. The second-order valence-electron chi connectivity index (χ2n) is 5.31. The Morgan fingerprint density at radius 3 is 3.15 bits per heavy atom. The van der Waals surface area contributed by atoms with E-state index in [9.17, 15) is 4.79 Å². The van der Waals surface area contributed by atoms with Gasteiger partial charge in [0, 0.05) is 18.4 Å². The summed E-state index contributed by atoms with van der Waals surface area (Å²) in [5, 5.41) is 5.90. The van der Waals surface area contributed by atoms with Crippen LogP contribution in [0.25, 0.3) is 0 Å². The van der Waals surface area contributed by atoms with Crippen molar-refractivity contribution in [2.75, 3.05) is 13.7 Å². The summed E-state index contributed by atoms with van der Waals surface area (Å²) in [6.45, 7) is 3.05. The summed E-state index contributed by atoms with van der Waals surface area (Å²) in [6.07, 6.45) is 3.13. The standard InChI is InChI=1S/C14H23N3O2S/c1-9(19-2)14-17-11(8-20-14)7-16-13(18)12-5-3-4-10(12)6-15/h8-10,12H,3-7,15H2,1-2H3,(H,16,18)/t9?,10-,12-/m1/s1. The van der Waals surface area contributed by atoms with Crippen molar-refractivity contribution >= 4 is 17.2 Å². The third kappa shape index (κ3) is 3.56. The van der Waals surface area contributed by atoms with E-state index in [1.54, 1.807) is 18.4 Å². The van der Waals surface area contributed by atoms with Gasteiger partial charge in [-0.1, -0.05) is 6.42 Å². The third-order valence-electron chi connectivity index (χ3n) is 4.01. The van der Waals surface area contributed by atoms with E-state index < -0.39 is 0 Å². The molecule has 3 N–H and O–H groups in total. The fourth-order valence-electron chi connectivity index (χ4n) is 2.66. The lowest BCUT2D eigenvalue weighted by Gasteiger charge is -2.16. The minimum Gasteiger partial charge on any atom is -0.375 e. The molecule has 5 nitrogen and oxygen atoms in total. The first-order valence-corrected chi connectivity index (χ1v) is 7.98. The van der Waals surface area contributed by atoms with E-state index in [-0.39, 0.29) is 17.9 Å². The Balaban J connectivity index is 1.85. The lowest BCUT2D eigenvalue weighted by atomic mass is 9.95. The number of hydrogen-bond donors (Lipinski definition) is 2. The molecule has 6 heteroatoms. The van der Waals surface area contributed by atoms with Crippen LogP contribution < -0.4 is 11.1 Å². The van der Waals surface area contributed by atoms with Crippen LogP contribution in [-0.4, -0.2) is 24.5 Å². The molecule has 1 saturated carbocycles. The predicted octanol–water partition coefficient (Wildman–Crippen LogP) is 1.84. The summed E-state index contributed by atoms with van der Waals surface area (Å²) >= 11 is 1.56. The average Bonchev–Trinajstić information content (AvgIpc) is 3.12. The number of nitrogens with zero attached hydrogens (tertiary/aromatic N) is 1. The van der Waals surface area contributed by atoms with Crippen LogP contribution in [0.2, 0.25) is 0 Å². The molecule has 0 radical (unpaired) electrons. The average molecular weight is 297 g/mol. The van der Waals surface area contributed by atoms with Crippen molar-refractivity contribution in [2.45, 2.75) is 38.8 Å². The first kappa shape index (κ1) is 15.4. The first-order chi connectivity index (χ1) is 9.65. The minimum atomic E-state index is 0.000837. The zero-order valence-electron chi connectivity index (χ0n) is 12.1. The maximum absolute atomic E-state index is 12.2. The Hall–Kier alpha value is -0.980. The Kier molecular flexibility index (Phi) is 5.51. The fourth-order valence-corrected chi connectivity index (χ4v) is 3.51. The quantitative estimate of drug-likeness (QED) is 0.840. The van der Waals surface area contributed by atoms with Gasteiger partial charge in [-0.2, -0.15) is 0 Å². The maximum Gasteiger partial charge on any atom is 0.223 e. The molecule has 1 heterocycles. The smallest absolute Gasteiger partial charge is 0.223 e. The second kappa shape index (κ2) is 7.15. The lowest BCUT2D eigenvalue weighted by molar-refractivity contribution is -0.126. The molecule has 0 spiro atoms. The molecule has 1 aliphatic rings. The molecule has 20 heavy (non-hydrogen) atoms. The van der Waals surface area contributed by atoms with Gasteiger partial charge in [0.2, 0.25) is 5.91 Å². The van der Waals surface area contributed by atoms with E-state index >= 15 is 0 Å². The normalized spacial score (nSPS) is 23.8. The number of ether oxygens (including phenoxy) is 1. The van der Waals surface area contributed by atoms with Crippen LogP contribution in [0.5, 0.6) is 0 Å². The number of nitrogens with one attached hydrogen (secondary N) is 1. The van der Waals surface area contributed by atoms with Crippen LogP contribution in [0.3, 0.4) is 0 Å². The lowest BCUT2D eigenvalue weighted by Crippen LogP contribution is -2.34. The van der Waals surface area contributed by atoms with E-state index in [0.717, 1.165) is 30.0 Å². The number of thiazole rings is 1. The molecular formula is C14H23N3O2S. The molecule has 0 aliphatic heterocycles. The number of aromatic nitrogens is 1. The largest absolute Gasteiger partial charge is 0.375 e. The van der Waals surface area contributed by atoms with Crippen molar-refractivity contribution in [3.63, 3.8) is 0 Å². The number of carbonyl (C=O) groups is 1. The van der Waals surface area contributed by atoms with E-state index in [4.69, 9.17) is 10.5 Å². The molecule has 0 bridgehead atoms. The number of rotatable bonds is 6. The van der Waals surface area contributed by atoms with Gasteiger partial charge in [0.05, 0.1) is 12.2 Å². The number of methoxy groups -OCH3 is 1. The highest BCUT2D eigenvalue weighted by Gasteiger charge is 2.31. The number of amides is 1. The molecule has 112 valence electrons. The second-order valence-corrected chi connectivity index (χ2v) is 6.20. The summed E-state index contributed by atoms with van der Waals surface area (Å²) in [5.41, 5.74) is 6.61. The SMILES string of the molecule is COC(C)c1nc(CNC(=O)[C@@H]2CCC[C@@H]2CN)cs1. The first-order valence-electron chi connectivity index (χ1n) is 7.10. The Morgan fingerprint density at radius 1 is 1.65 bits per heavy atom. The Bertz CT molecular complexity index is 449. The van der Waals surface area contributed by atoms with Crippen molar-refractivity contribution < 1.29 is 9.53 Å². The van der Waals surface area contributed by atoms with Crippen molar-refractivity contribution in [3.05, 3.63) is 16.1 Å². The monoisotopic (exact) mass is 297 g/mol. The maximum atomic E-state index is 12.2. The summed E-state index contributed by atoms with van der Waals surface area (Å²) < 4.78 is 5.23. The number of carbonyl (C=O) groups excluding carboxylic acids is 1.